The van der Waals surface area contributed by atoms with Gasteiger partial charge in [-0.3, -0.25) is 4.90 Å². The van der Waals surface area contributed by atoms with E-state index in [9.17, 15) is 4.57 Å². The minimum absolute atomic E-state index is 0.428. The highest BCUT2D eigenvalue weighted by Gasteiger charge is 2.29. The number of aromatic nitrogens is 4. The maximum absolute atomic E-state index is 13.6. The molecule has 1 aliphatic carbocycles. The lowest BCUT2D eigenvalue weighted by Crippen LogP contribution is -2.52. The predicted molar refractivity (Wildman–Crippen MR) is 208 cm³/mol. The van der Waals surface area contributed by atoms with E-state index in [2.05, 4.69) is 81.9 Å². The van der Waals surface area contributed by atoms with Crippen LogP contribution in [0.25, 0.3) is 11.4 Å². The topological polar surface area (TPSA) is 104 Å². The van der Waals surface area contributed by atoms with E-state index in [1.807, 2.05) is 30.6 Å². The average Bonchev–Trinajstić information content (AvgIpc) is 3.85. The summed E-state index contributed by atoms with van der Waals surface area (Å²) < 4.78 is 22.4. The molecule has 0 radical (unpaired) electrons. The molecule has 1 saturated carbocycles. The molecule has 4 aromatic rings. The standard InChI is InChI=1S/C37H49BrN9O2P/c1-6-25-21-31(33(49-3)23-32(25)46-14-11-27(12-15-46)45-19-17-44(2)18-20-45)42-37-40-24-29(38)35(43-37)41-30-10-7-26(22-34(30)50(4,5)48)36-39-13-16-47(36)28-8-9-28/h7,10,13,16,21-24,27-28H,6,8-9,11-12,14-15,17-20H2,1-5H3,(H2,40,41,42,43). The number of halogens is 1. The number of nitrogens with zero attached hydrogens (tertiary/aromatic N) is 7. The predicted octanol–water partition coefficient (Wildman–Crippen LogP) is 6.96. The number of rotatable bonds is 11. The van der Waals surface area contributed by atoms with Crippen LogP contribution in [0.1, 0.15) is 44.2 Å². The van der Waals surface area contributed by atoms with E-state index in [1.165, 1.54) is 50.0 Å². The molecule has 2 aliphatic heterocycles. The van der Waals surface area contributed by atoms with Gasteiger partial charge < -0.3 is 34.3 Å². The van der Waals surface area contributed by atoms with E-state index >= 15 is 0 Å². The highest BCUT2D eigenvalue weighted by Crippen LogP contribution is 2.42. The molecule has 0 amide bonds. The van der Waals surface area contributed by atoms with Gasteiger partial charge in [0.15, 0.2) is 0 Å². The van der Waals surface area contributed by atoms with Crippen LogP contribution in [0, 0.1) is 0 Å². The molecule has 0 spiro atoms. The summed E-state index contributed by atoms with van der Waals surface area (Å²) in [5.41, 5.74) is 5.01. The number of hydrogen-bond acceptors (Lipinski definition) is 10. The lowest BCUT2D eigenvalue weighted by Gasteiger charge is -2.43. The summed E-state index contributed by atoms with van der Waals surface area (Å²) in [7, 11) is 1.25. The molecule has 0 atom stereocenters. The Kier molecular flexibility index (Phi) is 10.3. The fourth-order valence-electron chi connectivity index (χ4n) is 7.29. The zero-order valence-corrected chi connectivity index (χ0v) is 32.3. The number of hydrogen-bond donors (Lipinski definition) is 2. The lowest BCUT2D eigenvalue weighted by molar-refractivity contribution is 0.0982. The van der Waals surface area contributed by atoms with Crippen molar-refractivity contribution in [2.45, 2.75) is 51.1 Å². The first kappa shape index (κ1) is 35.0. The minimum Gasteiger partial charge on any atom is -0.494 e. The van der Waals surface area contributed by atoms with Crippen LogP contribution >= 0.6 is 23.1 Å². The van der Waals surface area contributed by atoms with Crippen LogP contribution in [-0.4, -0.2) is 102 Å². The Morgan fingerprint density at radius 2 is 1.70 bits per heavy atom. The number of likely N-dealkylation sites (N-methyl/N-ethyl adjacent to an activating group) is 1. The second kappa shape index (κ2) is 14.7. The summed E-state index contributed by atoms with van der Waals surface area (Å²) in [6.45, 7) is 12.5. The van der Waals surface area contributed by atoms with Crippen molar-refractivity contribution in [1.82, 2.24) is 29.3 Å². The van der Waals surface area contributed by atoms with Gasteiger partial charge >= 0.3 is 0 Å². The van der Waals surface area contributed by atoms with E-state index in [0.29, 0.717) is 28.3 Å². The van der Waals surface area contributed by atoms with E-state index in [0.717, 1.165) is 66.4 Å². The smallest absolute Gasteiger partial charge is 0.229 e. The number of piperidine rings is 1. The van der Waals surface area contributed by atoms with Gasteiger partial charge in [-0.2, -0.15) is 4.98 Å². The molecule has 266 valence electrons. The Labute approximate surface area is 304 Å². The van der Waals surface area contributed by atoms with Crippen LogP contribution in [-0.2, 0) is 11.0 Å². The van der Waals surface area contributed by atoms with Crippen molar-refractivity contribution in [3.05, 3.63) is 59.0 Å². The Bertz CT molecular complexity index is 1870. The third kappa shape index (κ3) is 7.59. The molecular formula is C37H49BrN9O2P. The van der Waals surface area contributed by atoms with Gasteiger partial charge in [0.2, 0.25) is 5.95 Å². The number of nitrogens with one attached hydrogen (secondary N) is 2. The Hall–Kier alpha value is -3.44. The Morgan fingerprint density at radius 1 is 0.940 bits per heavy atom. The molecule has 11 nitrogen and oxygen atoms in total. The van der Waals surface area contributed by atoms with Crippen molar-refractivity contribution in [2.24, 2.45) is 0 Å². The first-order chi connectivity index (χ1) is 24.1. The SMILES string of the molecule is CCc1cc(Nc2ncc(Br)c(Nc3ccc(-c4nccn4C4CC4)cc3P(C)(C)=O)n2)c(OC)cc1N1CCC(N2CCN(C)CC2)CC1. The van der Waals surface area contributed by atoms with E-state index in [-0.39, 0.29) is 0 Å². The number of methoxy groups -OCH3 is 1. The molecule has 2 aromatic carbocycles. The van der Waals surface area contributed by atoms with Gasteiger partial charge in [-0.15, -0.1) is 0 Å². The summed E-state index contributed by atoms with van der Waals surface area (Å²) in [5.74, 6) is 2.65. The zero-order chi connectivity index (χ0) is 35.0. The van der Waals surface area contributed by atoms with Crippen LogP contribution in [0.2, 0.25) is 0 Å². The summed E-state index contributed by atoms with van der Waals surface area (Å²) >= 11 is 3.63. The minimum atomic E-state index is -2.67. The normalized spacial score (nSPS) is 18.0. The van der Waals surface area contributed by atoms with Gasteiger partial charge in [-0.1, -0.05) is 6.92 Å². The number of piperazine rings is 1. The molecule has 50 heavy (non-hydrogen) atoms. The summed E-state index contributed by atoms with van der Waals surface area (Å²) in [6.07, 6.45) is 11.2. The molecule has 0 unspecified atom stereocenters. The maximum atomic E-state index is 13.6. The van der Waals surface area contributed by atoms with Crippen molar-refractivity contribution in [3.63, 3.8) is 0 Å². The number of imidazole rings is 1. The molecule has 2 aromatic heterocycles. The van der Waals surface area contributed by atoms with Gasteiger partial charge in [-0.05, 0) is 98.2 Å². The maximum Gasteiger partial charge on any atom is 0.229 e. The number of anilines is 5. The van der Waals surface area contributed by atoms with Gasteiger partial charge in [0.05, 0.1) is 23.0 Å². The molecule has 0 bridgehead atoms. The Balaban J connectivity index is 1.10. The molecule has 2 saturated heterocycles. The van der Waals surface area contributed by atoms with Crippen LogP contribution in [0.5, 0.6) is 5.75 Å². The lowest BCUT2D eigenvalue weighted by atomic mass is 9.99. The average molecular weight is 763 g/mol. The monoisotopic (exact) mass is 761 g/mol. The van der Waals surface area contributed by atoms with E-state index < -0.39 is 7.14 Å². The Morgan fingerprint density at radius 3 is 2.38 bits per heavy atom. The van der Waals surface area contributed by atoms with Crippen molar-refractivity contribution in [3.8, 4) is 17.1 Å². The van der Waals surface area contributed by atoms with Gasteiger partial charge in [0, 0.05) is 92.6 Å². The number of benzene rings is 2. The first-order valence-corrected chi connectivity index (χ1v) is 21.2. The summed E-state index contributed by atoms with van der Waals surface area (Å²) in [4.78, 5) is 21.7. The molecule has 3 fully saturated rings. The van der Waals surface area contributed by atoms with Crippen molar-refractivity contribution < 1.29 is 9.30 Å². The van der Waals surface area contributed by atoms with Crippen LogP contribution in [0.3, 0.4) is 0 Å². The molecule has 13 heteroatoms. The van der Waals surface area contributed by atoms with Gasteiger partial charge in [-0.25, -0.2) is 9.97 Å². The van der Waals surface area contributed by atoms with Crippen LogP contribution in [0.15, 0.2) is 53.4 Å². The van der Waals surface area contributed by atoms with Gasteiger partial charge in [0.1, 0.15) is 24.5 Å². The quantitative estimate of drug-likeness (QED) is 0.156. The van der Waals surface area contributed by atoms with E-state index in [1.54, 1.807) is 26.6 Å². The molecule has 2 N–H and O–H groups in total. The van der Waals surface area contributed by atoms with Crippen molar-refractivity contribution >= 4 is 57.2 Å². The number of aryl methyl sites for hydroxylation is 1. The highest BCUT2D eigenvalue weighted by molar-refractivity contribution is 9.10. The third-order valence-electron chi connectivity index (χ3n) is 10.3. The van der Waals surface area contributed by atoms with E-state index in [4.69, 9.17) is 9.72 Å². The number of ether oxygens (including phenoxy) is 1. The van der Waals surface area contributed by atoms with Crippen LogP contribution in [0.4, 0.5) is 28.8 Å². The van der Waals surface area contributed by atoms with Gasteiger partial charge in [0.25, 0.3) is 0 Å². The molecule has 4 heterocycles. The fourth-order valence-corrected chi connectivity index (χ4v) is 8.74. The zero-order valence-electron chi connectivity index (χ0n) is 29.8. The third-order valence-corrected chi connectivity index (χ3v) is 12.4. The molecule has 3 aliphatic rings. The summed E-state index contributed by atoms with van der Waals surface area (Å²) in [5, 5.41) is 7.62. The van der Waals surface area contributed by atoms with Crippen molar-refractivity contribution in [1.29, 1.82) is 0 Å². The fraction of sp³-hybridized carbons (Fsp3) is 0.486. The highest BCUT2D eigenvalue weighted by atomic mass is 79.9. The molecular weight excluding hydrogens is 713 g/mol. The van der Waals surface area contributed by atoms with Crippen molar-refractivity contribution in [2.75, 3.05) is 82.3 Å². The second-order valence-corrected chi connectivity index (χ2v) is 18.2. The summed E-state index contributed by atoms with van der Waals surface area (Å²) in [6, 6.07) is 11.5. The second-order valence-electron chi connectivity index (χ2n) is 14.2. The van der Waals surface area contributed by atoms with Crippen LogP contribution < -0.4 is 25.6 Å². The largest absolute Gasteiger partial charge is 0.494 e. The first-order valence-electron chi connectivity index (χ1n) is 17.8. The molecule has 7 rings (SSSR count).